The minimum absolute atomic E-state index is 0.0588. The number of carbonyl (C=O) groups is 3. The van der Waals surface area contributed by atoms with Crippen LogP contribution in [0, 0.1) is 0 Å². The maximum atomic E-state index is 13.2. The Morgan fingerprint density at radius 2 is 1.93 bits per heavy atom. The Labute approximate surface area is 163 Å². The van der Waals surface area contributed by atoms with E-state index >= 15 is 0 Å². The first-order chi connectivity index (χ1) is 13.5. The number of hydrogen-bond acceptors (Lipinski definition) is 5. The fraction of sp³-hybridized carbons (Fsp3) is 0.450. The molecule has 1 aromatic rings. The second-order valence-corrected chi connectivity index (χ2v) is 6.87. The van der Waals surface area contributed by atoms with Crippen molar-refractivity contribution in [3.63, 3.8) is 0 Å². The predicted octanol–water partition coefficient (Wildman–Crippen LogP) is 1.37. The van der Waals surface area contributed by atoms with Crippen molar-refractivity contribution < 1.29 is 24.2 Å². The molecule has 2 aliphatic rings. The molecule has 3 rings (SSSR count). The number of nitrogens with zero attached hydrogens (tertiary/aromatic N) is 2. The Balaban J connectivity index is 1.82. The van der Waals surface area contributed by atoms with Crippen LogP contribution in [-0.4, -0.2) is 71.5 Å². The first kappa shape index (κ1) is 19.9. The Morgan fingerprint density at radius 1 is 1.18 bits per heavy atom. The zero-order valence-corrected chi connectivity index (χ0v) is 15.7. The summed E-state index contributed by atoms with van der Waals surface area (Å²) in [4.78, 5) is 40.9. The summed E-state index contributed by atoms with van der Waals surface area (Å²) in [5.41, 5.74) is 0.433. The van der Waals surface area contributed by atoms with Crippen LogP contribution in [0.25, 0.3) is 0 Å². The number of anilines is 1. The van der Waals surface area contributed by atoms with Gasteiger partial charge in [0.25, 0.3) is 5.91 Å². The molecule has 150 valence electrons. The molecule has 1 aromatic carbocycles. The van der Waals surface area contributed by atoms with Gasteiger partial charge in [0.2, 0.25) is 11.8 Å². The number of piperidine rings is 1. The Hall–Kier alpha value is -2.87. The summed E-state index contributed by atoms with van der Waals surface area (Å²) in [6.45, 7) is 5.87. The number of amides is 3. The fourth-order valence-electron chi connectivity index (χ4n) is 3.56. The third-order valence-corrected chi connectivity index (χ3v) is 5.05. The third-order valence-electron chi connectivity index (χ3n) is 5.05. The van der Waals surface area contributed by atoms with Crippen LogP contribution in [0.3, 0.4) is 0 Å². The minimum atomic E-state index is -0.551. The largest absolute Gasteiger partial charge is 0.507 e. The van der Waals surface area contributed by atoms with E-state index in [9.17, 15) is 19.5 Å². The van der Waals surface area contributed by atoms with Gasteiger partial charge in [-0.3, -0.25) is 14.4 Å². The lowest BCUT2D eigenvalue weighted by Crippen LogP contribution is -2.55. The Morgan fingerprint density at radius 3 is 2.64 bits per heavy atom. The molecule has 2 aliphatic heterocycles. The van der Waals surface area contributed by atoms with Crippen molar-refractivity contribution in [1.29, 1.82) is 0 Å². The summed E-state index contributed by atoms with van der Waals surface area (Å²) < 4.78 is 5.30. The van der Waals surface area contributed by atoms with Crippen molar-refractivity contribution in [2.75, 3.05) is 38.2 Å². The van der Waals surface area contributed by atoms with E-state index < -0.39 is 17.9 Å². The molecule has 8 heteroatoms. The van der Waals surface area contributed by atoms with E-state index in [1.807, 2.05) is 0 Å². The van der Waals surface area contributed by atoms with Crippen LogP contribution < -0.4 is 5.32 Å². The van der Waals surface area contributed by atoms with Gasteiger partial charge in [0.15, 0.2) is 0 Å². The first-order valence-corrected chi connectivity index (χ1v) is 9.45. The van der Waals surface area contributed by atoms with Crippen LogP contribution in [-0.2, 0) is 14.3 Å². The van der Waals surface area contributed by atoms with E-state index in [1.165, 1.54) is 23.1 Å². The summed E-state index contributed by atoms with van der Waals surface area (Å²) in [5.74, 6) is -1.10. The molecule has 2 heterocycles. The van der Waals surface area contributed by atoms with Gasteiger partial charge in [-0.15, -0.1) is 0 Å². The summed E-state index contributed by atoms with van der Waals surface area (Å²) in [6, 6.07) is 3.73. The number of phenolic OH excluding ortho intramolecular Hbond substituents is 1. The molecule has 1 unspecified atom stereocenters. The highest BCUT2D eigenvalue weighted by Crippen LogP contribution is 2.27. The highest BCUT2D eigenvalue weighted by molar-refractivity contribution is 6.03. The van der Waals surface area contributed by atoms with Crippen LogP contribution in [0.4, 0.5) is 5.69 Å². The number of phenols is 1. The van der Waals surface area contributed by atoms with E-state index in [0.717, 1.165) is 18.9 Å². The third kappa shape index (κ3) is 4.33. The highest BCUT2D eigenvalue weighted by atomic mass is 16.5. The lowest BCUT2D eigenvalue weighted by molar-refractivity contribution is -0.141. The number of ether oxygens (including phenoxy) is 1. The van der Waals surface area contributed by atoms with Crippen molar-refractivity contribution in [1.82, 2.24) is 9.80 Å². The maximum Gasteiger partial charge on any atom is 0.258 e. The lowest BCUT2D eigenvalue weighted by Gasteiger charge is -2.38. The monoisotopic (exact) mass is 387 g/mol. The zero-order chi connectivity index (χ0) is 20.1. The normalized spacial score (nSPS) is 19.8. The molecule has 3 amide bonds. The smallest absolute Gasteiger partial charge is 0.258 e. The Kier molecular flexibility index (Phi) is 6.30. The number of hydrogen-bond donors (Lipinski definition) is 2. The lowest BCUT2D eigenvalue weighted by atomic mass is 9.99. The SMILES string of the molecule is C=CC(=O)Nc1ccc(O)c(C(=O)N2CCCCC2C(=O)N2CCOCC2)c1. The van der Waals surface area contributed by atoms with Gasteiger partial charge < -0.3 is 25.0 Å². The van der Waals surface area contributed by atoms with Gasteiger partial charge in [-0.1, -0.05) is 6.58 Å². The average Bonchev–Trinajstić information content (AvgIpc) is 2.74. The van der Waals surface area contributed by atoms with Crippen molar-refractivity contribution in [3.05, 3.63) is 36.4 Å². The topological polar surface area (TPSA) is 99.2 Å². The van der Waals surface area contributed by atoms with Crippen LogP contribution >= 0.6 is 0 Å². The van der Waals surface area contributed by atoms with E-state index in [2.05, 4.69) is 11.9 Å². The number of morpholine rings is 1. The van der Waals surface area contributed by atoms with Gasteiger partial charge in [0.1, 0.15) is 11.8 Å². The van der Waals surface area contributed by atoms with Crippen LogP contribution in [0.15, 0.2) is 30.9 Å². The fourth-order valence-corrected chi connectivity index (χ4v) is 3.56. The number of rotatable bonds is 4. The molecule has 0 aliphatic carbocycles. The maximum absolute atomic E-state index is 13.2. The molecule has 28 heavy (non-hydrogen) atoms. The van der Waals surface area contributed by atoms with Crippen molar-refractivity contribution in [2.24, 2.45) is 0 Å². The van der Waals surface area contributed by atoms with Gasteiger partial charge in [0.05, 0.1) is 18.8 Å². The standard InChI is InChI=1S/C20H25N3O5/c1-2-18(25)21-14-6-7-17(24)15(13-14)19(26)23-8-4-3-5-16(23)20(27)22-9-11-28-12-10-22/h2,6-7,13,16,24H,1,3-5,8-12H2,(H,21,25). The molecule has 0 radical (unpaired) electrons. The van der Waals surface area contributed by atoms with Crippen LogP contribution in [0.1, 0.15) is 29.6 Å². The van der Waals surface area contributed by atoms with Crippen molar-refractivity contribution >= 4 is 23.4 Å². The van der Waals surface area contributed by atoms with Crippen LogP contribution in [0.2, 0.25) is 0 Å². The van der Waals surface area contributed by atoms with E-state index in [1.54, 1.807) is 4.90 Å². The molecular weight excluding hydrogens is 362 g/mol. The minimum Gasteiger partial charge on any atom is -0.507 e. The number of likely N-dealkylation sites (tertiary alicyclic amines) is 1. The highest BCUT2D eigenvalue weighted by Gasteiger charge is 2.36. The average molecular weight is 387 g/mol. The molecular formula is C20H25N3O5. The zero-order valence-electron chi connectivity index (χ0n) is 15.7. The molecule has 2 N–H and O–H groups in total. The van der Waals surface area contributed by atoms with Crippen molar-refractivity contribution in [3.8, 4) is 5.75 Å². The second kappa shape index (κ2) is 8.88. The van der Waals surface area contributed by atoms with Gasteiger partial charge in [-0.25, -0.2) is 0 Å². The molecule has 2 fully saturated rings. The molecule has 1 atom stereocenters. The second-order valence-electron chi connectivity index (χ2n) is 6.87. The van der Waals surface area contributed by atoms with E-state index in [-0.39, 0.29) is 17.2 Å². The van der Waals surface area contributed by atoms with Gasteiger partial charge in [-0.05, 0) is 43.5 Å². The van der Waals surface area contributed by atoms with E-state index in [0.29, 0.717) is 45.0 Å². The first-order valence-electron chi connectivity index (χ1n) is 9.45. The summed E-state index contributed by atoms with van der Waals surface area (Å²) in [5, 5.41) is 12.8. The quantitative estimate of drug-likeness (QED) is 0.601. The van der Waals surface area contributed by atoms with Gasteiger partial charge in [-0.2, -0.15) is 0 Å². The molecule has 0 bridgehead atoms. The number of nitrogens with one attached hydrogen (secondary N) is 1. The summed E-state index contributed by atoms with van der Waals surface area (Å²) in [6.07, 6.45) is 3.38. The Bertz CT molecular complexity index is 773. The molecule has 0 aromatic heterocycles. The number of carbonyl (C=O) groups excluding carboxylic acids is 3. The molecule has 0 spiro atoms. The number of aromatic hydroxyl groups is 1. The molecule has 0 saturated carbocycles. The molecule has 2 saturated heterocycles. The van der Waals surface area contributed by atoms with Gasteiger partial charge in [0, 0.05) is 25.3 Å². The number of benzene rings is 1. The van der Waals surface area contributed by atoms with Crippen LogP contribution in [0.5, 0.6) is 5.75 Å². The molecule has 8 nitrogen and oxygen atoms in total. The summed E-state index contributed by atoms with van der Waals surface area (Å²) in [7, 11) is 0. The summed E-state index contributed by atoms with van der Waals surface area (Å²) >= 11 is 0. The van der Waals surface area contributed by atoms with E-state index in [4.69, 9.17) is 4.74 Å². The van der Waals surface area contributed by atoms with Crippen molar-refractivity contribution in [2.45, 2.75) is 25.3 Å². The van der Waals surface area contributed by atoms with Gasteiger partial charge >= 0.3 is 0 Å². The predicted molar refractivity (Wildman–Crippen MR) is 103 cm³/mol.